The van der Waals surface area contributed by atoms with Gasteiger partial charge in [0.15, 0.2) is 0 Å². The van der Waals surface area contributed by atoms with Crippen LogP contribution in [0, 0.1) is 0 Å². The molecule has 2 aromatic heterocycles. The maximum absolute atomic E-state index is 12.9. The minimum atomic E-state index is -0.273. The average Bonchev–Trinajstić information content (AvgIpc) is 2.80. The van der Waals surface area contributed by atoms with Gasteiger partial charge in [0, 0.05) is 38.7 Å². The average molecular weight is 461 g/mol. The molecule has 3 rings (SSSR count). The fraction of sp³-hybridized carbons (Fsp3) is 0.407. The summed E-state index contributed by atoms with van der Waals surface area (Å²) in [4.78, 5) is 30.4. The van der Waals surface area contributed by atoms with E-state index in [4.69, 9.17) is 0 Å². The summed E-state index contributed by atoms with van der Waals surface area (Å²) in [7, 11) is 5.61. The van der Waals surface area contributed by atoms with Crippen molar-refractivity contribution in [3.8, 4) is 0 Å². The van der Waals surface area contributed by atoms with E-state index in [2.05, 4.69) is 42.7 Å². The molecule has 1 aliphatic rings. The van der Waals surface area contributed by atoms with E-state index in [0.717, 1.165) is 48.5 Å². The van der Waals surface area contributed by atoms with Gasteiger partial charge in [0.25, 0.3) is 5.91 Å². The number of allylic oxidation sites excluding steroid dienone is 2. The van der Waals surface area contributed by atoms with Crippen LogP contribution in [0.5, 0.6) is 0 Å². The van der Waals surface area contributed by atoms with Crippen molar-refractivity contribution in [2.45, 2.75) is 39.3 Å². The number of rotatable bonds is 9. The van der Waals surface area contributed by atoms with Gasteiger partial charge in [-0.2, -0.15) is 0 Å². The number of nitrogens with zero attached hydrogens (tertiary/aromatic N) is 5. The number of aromatic nitrogens is 2. The highest BCUT2D eigenvalue weighted by Gasteiger charge is 2.15. The van der Waals surface area contributed by atoms with Crippen LogP contribution in [0.3, 0.4) is 0 Å². The molecule has 3 heterocycles. The Morgan fingerprint density at radius 2 is 1.82 bits per heavy atom. The van der Waals surface area contributed by atoms with Crippen molar-refractivity contribution < 1.29 is 4.79 Å². The van der Waals surface area contributed by atoms with E-state index in [-0.39, 0.29) is 5.91 Å². The Hall–Kier alpha value is -3.16. The van der Waals surface area contributed by atoms with Gasteiger partial charge in [-0.3, -0.25) is 24.7 Å². The molecular weight excluding hydrogens is 424 g/mol. The summed E-state index contributed by atoms with van der Waals surface area (Å²) >= 11 is 0. The second-order valence-corrected chi connectivity index (χ2v) is 9.12. The molecule has 0 atom stereocenters. The van der Waals surface area contributed by atoms with Gasteiger partial charge in [-0.25, -0.2) is 0 Å². The van der Waals surface area contributed by atoms with Crippen LogP contribution in [-0.2, 0) is 17.9 Å². The quantitative estimate of drug-likeness (QED) is 0.449. The molecule has 180 valence electrons. The second kappa shape index (κ2) is 12.3. The van der Waals surface area contributed by atoms with Crippen LogP contribution in [0.4, 0.5) is 5.69 Å². The summed E-state index contributed by atoms with van der Waals surface area (Å²) in [5.41, 5.74) is 5.70. The van der Waals surface area contributed by atoms with E-state index >= 15 is 0 Å². The highest BCUT2D eigenvalue weighted by atomic mass is 16.1. The van der Waals surface area contributed by atoms with Crippen LogP contribution < -0.4 is 5.32 Å². The number of aliphatic imine (C=N–C) groups is 1. The van der Waals surface area contributed by atoms with Crippen molar-refractivity contribution in [2.75, 3.05) is 39.5 Å². The number of anilines is 1. The smallest absolute Gasteiger partial charge is 0.274 e. The first-order chi connectivity index (χ1) is 16.4. The lowest BCUT2D eigenvalue weighted by Gasteiger charge is -2.26. The molecule has 0 spiro atoms. The third kappa shape index (κ3) is 7.43. The van der Waals surface area contributed by atoms with Gasteiger partial charge >= 0.3 is 0 Å². The SMILES string of the molecule is C=C(/C=C(\C)C(=NC)C(=O)Nc1cncc(CN(C)C)c1)c1cncc(CN2CCCCC2)c1. The number of carbonyl (C=O) groups is 1. The Kier molecular flexibility index (Phi) is 9.24. The Morgan fingerprint density at radius 3 is 2.53 bits per heavy atom. The number of amides is 1. The van der Waals surface area contributed by atoms with Crippen LogP contribution in [0.15, 0.2) is 60.1 Å². The zero-order chi connectivity index (χ0) is 24.5. The van der Waals surface area contributed by atoms with E-state index < -0.39 is 0 Å². The molecule has 0 bridgehead atoms. The Labute approximate surface area is 203 Å². The predicted octanol–water partition coefficient (Wildman–Crippen LogP) is 4.19. The number of pyridine rings is 2. The largest absolute Gasteiger partial charge is 0.319 e. The molecule has 0 radical (unpaired) electrons. The first-order valence-corrected chi connectivity index (χ1v) is 11.8. The van der Waals surface area contributed by atoms with Crippen molar-refractivity contribution in [2.24, 2.45) is 4.99 Å². The highest BCUT2D eigenvalue weighted by molar-refractivity contribution is 6.48. The highest BCUT2D eigenvalue weighted by Crippen LogP contribution is 2.19. The Bertz CT molecular complexity index is 1070. The van der Waals surface area contributed by atoms with E-state index in [1.807, 2.05) is 45.6 Å². The topological polar surface area (TPSA) is 73.7 Å². The third-order valence-corrected chi connectivity index (χ3v) is 5.78. The van der Waals surface area contributed by atoms with Crippen LogP contribution >= 0.6 is 0 Å². The lowest BCUT2D eigenvalue weighted by Crippen LogP contribution is -2.29. The molecule has 34 heavy (non-hydrogen) atoms. The molecule has 0 unspecified atom stereocenters. The minimum Gasteiger partial charge on any atom is -0.319 e. The Morgan fingerprint density at radius 1 is 1.12 bits per heavy atom. The monoisotopic (exact) mass is 460 g/mol. The summed E-state index contributed by atoms with van der Waals surface area (Å²) in [5, 5.41) is 2.92. The lowest BCUT2D eigenvalue weighted by molar-refractivity contribution is -0.110. The van der Waals surface area contributed by atoms with Crippen LogP contribution in [0.25, 0.3) is 5.57 Å². The maximum Gasteiger partial charge on any atom is 0.274 e. The molecular formula is C27H36N6O. The van der Waals surface area contributed by atoms with E-state index in [9.17, 15) is 4.79 Å². The summed E-state index contributed by atoms with van der Waals surface area (Å²) in [6.07, 6.45) is 12.9. The molecule has 2 aromatic rings. The zero-order valence-electron chi connectivity index (χ0n) is 20.8. The van der Waals surface area contributed by atoms with E-state index in [0.29, 0.717) is 11.4 Å². The van der Waals surface area contributed by atoms with Crippen molar-refractivity contribution in [3.63, 3.8) is 0 Å². The Balaban J connectivity index is 1.68. The standard InChI is InChI=1S/C27H36N6O/c1-20(24-12-22(14-29-16-24)19-33-9-7-6-8-10-33)11-21(2)26(28-3)27(34)31-25-13-23(15-30-17-25)18-32(4)5/h11-17H,1,6-10,18-19H2,2-5H3,(H,31,34)/b21-11+,28-26?. The van der Waals surface area contributed by atoms with Gasteiger partial charge in [0.2, 0.25) is 0 Å². The third-order valence-electron chi connectivity index (χ3n) is 5.78. The molecule has 7 heteroatoms. The van der Waals surface area contributed by atoms with Crippen molar-refractivity contribution in [3.05, 3.63) is 71.8 Å². The molecule has 7 nitrogen and oxygen atoms in total. The molecule has 1 N–H and O–H groups in total. The van der Waals surface area contributed by atoms with Crippen molar-refractivity contribution in [1.82, 2.24) is 19.8 Å². The van der Waals surface area contributed by atoms with E-state index in [1.165, 1.54) is 24.8 Å². The number of nitrogens with one attached hydrogen (secondary N) is 1. The van der Waals surface area contributed by atoms with Crippen molar-refractivity contribution >= 4 is 22.9 Å². The molecule has 1 aliphatic heterocycles. The van der Waals surface area contributed by atoms with Gasteiger partial charge in [-0.15, -0.1) is 0 Å². The number of hydrogen-bond donors (Lipinski definition) is 1. The number of piperidine rings is 1. The van der Waals surface area contributed by atoms with Crippen molar-refractivity contribution in [1.29, 1.82) is 0 Å². The van der Waals surface area contributed by atoms with Gasteiger partial charge < -0.3 is 10.2 Å². The van der Waals surface area contributed by atoms with Gasteiger partial charge in [-0.1, -0.05) is 13.0 Å². The first kappa shape index (κ1) is 25.5. The lowest BCUT2D eigenvalue weighted by atomic mass is 10.0. The van der Waals surface area contributed by atoms with Crippen LogP contribution in [-0.4, -0.2) is 65.6 Å². The molecule has 0 aliphatic carbocycles. The van der Waals surface area contributed by atoms with E-state index in [1.54, 1.807) is 19.4 Å². The second-order valence-electron chi connectivity index (χ2n) is 9.12. The minimum absolute atomic E-state index is 0.273. The van der Waals surface area contributed by atoms with Crippen LogP contribution in [0.2, 0.25) is 0 Å². The number of carbonyl (C=O) groups excluding carboxylic acids is 1. The normalized spacial score (nSPS) is 15.4. The van der Waals surface area contributed by atoms with Crippen LogP contribution in [0.1, 0.15) is 42.9 Å². The summed E-state index contributed by atoms with van der Waals surface area (Å²) in [6.45, 7) is 10.0. The summed E-state index contributed by atoms with van der Waals surface area (Å²) in [5.74, 6) is -0.273. The predicted molar refractivity (Wildman–Crippen MR) is 140 cm³/mol. The summed E-state index contributed by atoms with van der Waals surface area (Å²) < 4.78 is 0. The zero-order valence-corrected chi connectivity index (χ0v) is 20.8. The molecule has 1 saturated heterocycles. The molecule has 1 amide bonds. The fourth-order valence-corrected chi connectivity index (χ4v) is 4.19. The van der Waals surface area contributed by atoms with Gasteiger partial charge in [0.05, 0.1) is 11.9 Å². The van der Waals surface area contributed by atoms with Gasteiger partial charge in [0.1, 0.15) is 5.71 Å². The number of hydrogen-bond acceptors (Lipinski definition) is 6. The molecule has 1 fully saturated rings. The molecule has 0 aromatic carbocycles. The fourth-order valence-electron chi connectivity index (χ4n) is 4.19. The number of likely N-dealkylation sites (tertiary alicyclic amines) is 1. The first-order valence-electron chi connectivity index (χ1n) is 11.8. The molecule has 0 saturated carbocycles. The van der Waals surface area contributed by atoms with Gasteiger partial charge in [-0.05, 0) is 93.0 Å². The maximum atomic E-state index is 12.9. The summed E-state index contributed by atoms with van der Waals surface area (Å²) in [6, 6.07) is 4.06.